The van der Waals surface area contributed by atoms with Crippen LogP contribution < -0.4 is 0 Å². The van der Waals surface area contributed by atoms with Gasteiger partial charge in [0.05, 0.1) is 6.20 Å². The van der Waals surface area contributed by atoms with E-state index >= 15 is 0 Å². The molecule has 2 aromatic rings. The summed E-state index contributed by atoms with van der Waals surface area (Å²) in [6, 6.07) is 0. The van der Waals surface area contributed by atoms with Gasteiger partial charge in [0.2, 0.25) is 0 Å². The Labute approximate surface area is 100.0 Å². The van der Waals surface area contributed by atoms with Crippen molar-refractivity contribution in [3.63, 3.8) is 0 Å². The highest BCUT2D eigenvalue weighted by atomic mass is 32.1. The van der Waals surface area contributed by atoms with Crippen molar-refractivity contribution >= 4 is 21.7 Å². The van der Waals surface area contributed by atoms with Crippen LogP contribution in [-0.2, 0) is 5.41 Å². The van der Waals surface area contributed by atoms with Crippen LogP contribution in [0.25, 0.3) is 10.3 Å². The fourth-order valence-electron chi connectivity index (χ4n) is 1.35. The van der Waals surface area contributed by atoms with Crippen molar-refractivity contribution < 1.29 is 0 Å². The van der Waals surface area contributed by atoms with Crippen LogP contribution in [0.2, 0.25) is 0 Å². The van der Waals surface area contributed by atoms with E-state index < -0.39 is 0 Å². The number of nitrogens with zero attached hydrogens (tertiary/aromatic N) is 3. The van der Waals surface area contributed by atoms with Crippen LogP contribution in [-0.4, -0.2) is 15.0 Å². The van der Waals surface area contributed by atoms with Gasteiger partial charge in [0.1, 0.15) is 21.2 Å². The fourth-order valence-corrected chi connectivity index (χ4v) is 2.32. The second kappa shape index (κ2) is 3.77. The molecule has 0 bridgehead atoms. The van der Waals surface area contributed by atoms with Crippen LogP contribution in [0.3, 0.4) is 0 Å². The molecular weight excluding hydrogens is 218 g/mol. The average molecular weight is 235 g/mol. The highest BCUT2D eigenvalue weighted by Gasteiger charge is 2.19. The zero-order valence-corrected chi connectivity index (χ0v) is 11.2. The number of aromatic nitrogens is 3. The van der Waals surface area contributed by atoms with Crippen molar-refractivity contribution in [2.24, 2.45) is 0 Å². The van der Waals surface area contributed by atoms with E-state index in [-0.39, 0.29) is 5.41 Å². The molecular formula is C12H17N3S. The first-order valence-corrected chi connectivity index (χ1v) is 6.33. The summed E-state index contributed by atoms with van der Waals surface area (Å²) in [7, 11) is 0. The Morgan fingerprint density at radius 1 is 1.19 bits per heavy atom. The quantitative estimate of drug-likeness (QED) is 0.759. The highest BCUT2D eigenvalue weighted by Crippen LogP contribution is 2.30. The summed E-state index contributed by atoms with van der Waals surface area (Å²) in [4.78, 5) is 14.5. The van der Waals surface area contributed by atoms with E-state index in [4.69, 9.17) is 0 Å². The van der Waals surface area contributed by atoms with Crippen LogP contribution in [0.5, 0.6) is 0 Å². The maximum Gasteiger partial charge on any atom is 0.147 e. The number of fused-ring (bicyclic) bond motifs is 1. The first kappa shape index (κ1) is 11.5. The van der Waals surface area contributed by atoms with E-state index in [9.17, 15) is 0 Å². The van der Waals surface area contributed by atoms with Crippen LogP contribution >= 0.6 is 11.3 Å². The van der Waals surface area contributed by atoms with Gasteiger partial charge in [-0.2, -0.15) is 0 Å². The summed E-state index contributed by atoms with van der Waals surface area (Å²) in [5.74, 6) is 1.26. The molecule has 0 fully saturated rings. The minimum Gasteiger partial charge on any atom is -0.239 e. The third-order valence-electron chi connectivity index (χ3n) is 2.33. The molecule has 0 saturated carbocycles. The third kappa shape index (κ3) is 2.07. The molecule has 2 rings (SSSR count). The standard InChI is InChI=1S/C12H17N3S/c1-7(2)9-13-6-8-10(15-9)16-11(14-8)12(3,4)5/h6-7H,1-5H3. The molecule has 0 unspecified atom stereocenters. The molecule has 0 radical (unpaired) electrons. The maximum atomic E-state index is 4.58. The lowest BCUT2D eigenvalue weighted by atomic mass is 9.98. The first-order valence-electron chi connectivity index (χ1n) is 5.52. The Morgan fingerprint density at radius 2 is 1.88 bits per heavy atom. The predicted molar refractivity (Wildman–Crippen MR) is 68.0 cm³/mol. The number of rotatable bonds is 1. The minimum atomic E-state index is 0.0867. The van der Waals surface area contributed by atoms with Crippen molar-refractivity contribution in [2.45, 2.75) is 46.0 Å². The van der Waals surface area contributed by atoms with Crippen LogP contribution in [0, 0.1) is 0 Å². The first-order chi connectivity index (χ1) is 7.38. The van der Waals surface area contributed by atoms with Crippen molar-refractivity contribution in [3.8, 4) is 0 Å². The Hall–Kier alpha value is -1.03. The molecule has 0 atom stereocenters. The van der Waals surface area contributed by atoms with E-state index in [0.717, 1.165) is 21.2 Å². The normalized spacial score (nSPS) is 12.6. The van der Waals surface area contributed by atoms with E-state index in [0.29, 0.717) is 5.92 Å². The zero-order chi connectivity index (χ0) is 11.9. The molecule has 3 nitrogen and oxygen atoms in total. The van der Waals surface area contributed by atoms with Gasteiger partial charge in [-0.1, -0.05) is 46.0 Å². The SMILES string of the molecule is CC(C)c1ncc2nc(C(C)(C)C)sc2n1. The maximum absolute atomic E-state index is 4.58. The predicted octanol–water partition coefficient (Wildman–Crippen LogP) is 3.51. The van der Waals surface area contributed by atoms with Gasteiger partial charge in [-0.25, -0.2) is 15.0 Å². The largest absolute Gasteiger partial charge is 0.239 e. The van der Waals surface area contributed by atoms with E-state index in [1.165, 1.54) is 0 Å². The Kier molecular flexibility index (Phi) is 2.70. The third-order valence-corrected chi connectivity index (χ3v) is 3.72. The van der Waals surface area contributed by atoms with Gasteiger partial charge in [0, 0.05) is 11.3 Å². The number of hydrogen-bond acceptors (Lipinski definition) is 4. The molecule has 0 spiro atoms. The van der Waals surface area contributed by atoms with E-state index in [2.05, 4.69) is 49.6 Å². The average Bonchev–Trinajstić information content (AvgIpc) is 2.58. The number of thiazole rings is 1. The molecule has 0 aromatic carbocycles. The molecule has 2 heterocycles. The molecule has 4 heteroatoms. The van der Waals surface area contributed by atoms with Gasteiger partial charge in [-0.15, -0.1) is 0 Å². The van der Waals surface area contributed by atoms with Crippen molar-refractivity contribution in [1.29, 1.82) is 0 Å². The van der Waals surface area contributed by atoms with E-state index in [1.54, 1.807) is 11.3 Å². The summed E-state index contributed by atoms with van der Waals surface area (Å²) in [6.45, 7) is 10.7. The van der Waals surface area contributed by atoms with Gasteiger partial charge in [0.25, 0.3) is 0 Å². The molecule has 16 heavy (non-hydrogen) atoms. The summed E-state index contributed by atoms with van der Waals surface area (Å²) in [6.07, 6.45) is 1.84. The molecule has 86 valence electrons. The van der Waals surface area contributed by atoms with Crippen molar-refractivity contribution in [3.05, 3.63) is 17.0 Å². The van der Waals surface area contributed by atoms with E-state index in [1.807, 2.05) is 6.20 Å². The summed E-state index contributed by atoms with van der Waals surface area (Å²) >= 11 is 1.67. The second-order valence-corrected chi connectivity index (χ2v) is 6.32. The summed E-state index contributed by atoms with van der Waals surface area (Å²) in [5, 5.41) is 1.12. The van der Waals surface area contributed by atoms with Crippen LogP contribution in [0.15, 0.2) is 6.20 Å². The molecule has 0 amide bonds. The van der Waals surface area contributed by atoms with Crippen molar-refractivity contribution in [1.82, 2.24) is 15.0 Å². The molecule has 0 saturated heterocycles. The molecule has 0 aliphatic rings. The lowest BCUT2D eigenvalue weighted by Gasteiger charge is -2.12. The van der Waals surface area contributed by atoms with Gasteiger partial charge in [-0.3, -0.25) is 0 Å². The topological polar surface area (TPSA) is 38.7 Å². The Bertz CT molecular complexity index is 508. The lowest BCUT2D eigenvalue weighted by Crippen LogP contribution is -2.09. The van der Waals surface area contributed by atoms with Crippen LogP contribution in [0.4, 0.5) is 0 Å². The second-order valence-electron chi connectivity index (χ2n) is 5.34. The molecule has 0 aliphatic heterocycles. The van der Waals surface area contributed by atoms with Crippen LogP contribution in [0.1, 0.15) is 51.4 Å². The summed E-state index contributed by atoms with van der Waals surface area (Å²) < 4.78 is 0. The van der Waals surface area contributed by atoms with Gasteiger partial charge >= 0.3 is 0 Å². The molecule has 2 aromatic heterocycles. The monoisotopic (exact) mass is 235 g/mol. The fraction of sp³-hybridized carbons (Fsp3) is 0.583. The molecule has 0 N–H and O–H groups in total. The van der Waals surface area contributed by atoms with Gasteiger partial charge in [0.15, 0.2) is 0 Å². The minimum absolute atomic E-state index is 0.0867. The van der Waals surface area contributed by atoms with Gasteiger partial charge in [-0.05, 0) is 0 Å². The smallest absolute Gasteiger partial charge is 0.147 e. The highest BCUT2D eigenvalue weighted by molar-refractivity contribution is 7.18. The zero-order valence-electron chi connectivity index (χ0n) is 10.4. The number of hydrogen-bond donors (Lipinski definition) is 0. The van der Waals surface area contributed by atoms with Gasteiger partial charge < -0.3 is 0 Å². The lowest BCUT2D eigenvalue weighted by molar-refractivity contribution is 0.587. The summed E-state index contributed by atoms with van der Waals surface area (Å²) in [5.41, 5.74) is 1.00. The molecule has 0 aliphatic carbocycles. The Balaban J connectivity index is 2.54. The van der Waals surface area contributed by atoms with Crippen molar-refractivity contribution in [2.75, 3.05) is 0 Å². The Morgan fingerprint density at radius 3 is 2.44 bits per heavy atom.